The molecule has 3 rings (SSSR count). The Bertz CT molecular complexity index is 640. The highest BCUT2D eigenvalue weighted by Gasteiger charge is 2.18. The van der Waals surface area contributed by atoms with Gasteiger partial charge in [0.1, 0.15) is 5.75 Å². The number of benzene rings is 1. The number of ether oxygens (including phenoxy) is 2. The van der Waals surface area contributed by atoms with Gasteiger partial charge >= 0.3 is 0 Å². The normalized spacial score (nSPS) is 14.0. The van der Waals surface area contributed by atoms with Crippen LogP contribution in [0.1, 0.15) is 31.5 Å². The average Bonchev–Trinajstić information content (AvgIpc) is 2.53. The fourth-order valence-electron chi connectivity index (χ4n) is 2.73. The van der Waals surface area contributed by atoms with Gasteiger partial charge in [0.25, 0.3) is 0 Å². The summed E-state index contributed by atoms with van der Waals surface area (Å²) in [6.45, 7) is 7.24. The summed E-state index contributed by atoms with van der Waals surface area (Å²) in [7, 11) is 0. The summed E-state index contributed by atoms with van der Waals surface area (Å²) < 4.78 is 11.4. The molecular weight excluding hydrogens is 264 g/mol. The largest absolute Gasteiger partial charge is 0.494 e. The minimum absolute atomic E-state index is 0.640. The van der Waals surface area contributed by atoms with Crippen molar-refractivity contribution in [2.45, 2.75) is 33.3 Å². The number of nitrogens with one attached hydrogen (secondary N) is 1. The lowest BCUT2D eigenvalue weighted by molar-refractivity contribution is 0.110. The second-order valence-electron chi connectivity index (χ2n) is 5.27. The number of aromatic nitrogens is 1. The second-order valence-corrected chi connectivity index (χ2v) is 5.27. The van der Waals surface area contributed by atoms with Crippen LogP contribution in [-0.4, -0.2) is 24.7 Å². The summed E-state index contributed by atoms with van der Waals surface area (Å²) >= 11 is 0. The maximum atomic E-state index is 5.75. The highest BCUT2D eigenvalue weighted by atomic mass is 16.5. The maximum absolute atomic E-state index is 5.75. The molecule has 0 saturated heterocycles. The Morgan fingerprint density at radius 2 is 2.24 bits per heavy atom. The van der Waals surface area contributed by atoms with E-state index in [4.69, 9.17) is 14.5 Å². The van der Waals surface area contributed by atoms with Gasteiger partial charge in [-0.3, -0.25) is 4.98 Å². The minimum Gasteiger partial charge on any atom is -0.494 e. The van der Waals surface area contributed by atoms with Crippen molar-refractivity contribution in [3.63, 3.8) is 0 Å². The zero-order valence-electron chi connectivity index (χ0n) is 12.7. The van der Waals surface area contributed by atoms with Crippen LogP contribution in [0, 0.1) is 0 Å². The highest BCUT2D eigenvalue weighted by molar-refractivity contribution is 5.94. The number of hydrogen-bond acceptors (Lipinski definition) is 4. The smallest absolute Gasteiger partial charge is 0.120 e. The summed E-state index contributed by atoms with van der Waals surface area (Å²) in [5.74, 6) is 0.905. The van der Waals surface area contributed by atoms with Crippen LogP contribution in [0.2, 0.25) is 0 Å². The second kappa shape index (κ2) is 6.31. The van der Waals surface area contributed by atoms with Crippen molar-refractivity contribution in [2.24, 2.45) is 0 Å². The summed E-state index contributed by atoms with van der Waals surface area (Å²) in [4.78, 5) is 4.80. The maximum Gasteiger partial charge on any atom is 0.120 e. The van der Waals surface area contributed by atoms with Crippen LogP contribution in [0.15, 0.2) is 18.2 Å². The fraction of sp³-hybridized carbons (Fsp3) is 0.471. The standard InChI is InChI=1S/C17H22N2O2/c1-3-8-21-12-5-6-15-13(10-12)17(18-4-2)14-11-20-9-7-16(14)19-15/h5-6,10H,3-4,7-9,11H2,1-2H3,(H,18,19). The lowest BCUT2D eigenvalue weighted by atomic mass is 10.0. The number of hydrogen-bond donors (Lipinski definition) is 1. The van der Waals surface area contributed by atoms with Gasteiger partial charge in [-0.05, 0) is 31.5 Å². The van der Waals surface area contributed by atoms with Crippen LogP contribution < -0.4 is 10.1 Å². The summed E-state index contributed by atoms with van der Waals surface area (Å²) in [6, 6.07) is 6.15. The van der Waals surface area contributed by atoms with Gasteiger partial charge in [-0.15, -0.1) is 0 Å². The fourth-order valence-corrected chi connectivity index (χ4v) is 2.73. The van der Waals surface area contributed by atoms with Crippen LogP contribution in [0.5, 0.6) is 5.75 Å². The monoisotopic (exact) mass is 286 g/mol. The zero-order valence-corrected chi connectivity index (χ0v) is 12.7. The number of rotatable bonds is 5. The molecule has 0 bridgehead atoms. The Labute approximate surface area is 125 Å². The molecule has 2 heterocycles. The van der Waals surface area contributed by atoms with E-state index in [2.05, 4.69) is 31.3 Å². The Morgan fingerprint density at radius 1 is 1.33 bits per heavy atom. The van der Waals surface area contributed by atoms with Gasteiger partial charge in [0, 0.05) is 23.9 Å². The molecule has 0 aliphatic carbocycles. The summed E-state index contributed by atoms with van der Waals surface area (Å²) in [5, 5.41) is 4.61. The highest BCUT2D eigenvalue weighted by Crippen LogP contribution is 2.33. The Morgan fingerprint density at radius 3 is 3.05 bits per heavy atom. The van der Waals surface area contributed by atoms with Crippen LogP contribution in [0.3, 0.4) is 0 Å². The van der Waals surface area contributed by atoms with Crippen molar-refractivity contribution in [1.82, 2.24) is 4.98 Å². The van der Waals surface area contributed by atoms with Crippen LogP contribution in [0.25, 0.3) is 10.9 Å². The molecule has 0 spiro atoms. The van der Waals surface area contributed by atoms with E-state index in [0.29, 0.717) is 6.61 Å². The molecule has 1 N–H and O–H groups in total. The van der Waals surface area contributed by atoms with E-state index in [1.807, 2.05) is 6.07 Å². The van der Waals surface area contributed by atoms with Gasteiger partial charge in [-0.2, -0.15) is 0 Å². The molecule has 0 saturated carbocycles. The Balaban J connectivity index is 2.12. The van der Waals surface area contributed by atoms with Crippen molar-refractivity contribution in [2.75, 3.05) is 25.1 Å². The molecule has 1 aliphatic rings. The van der Waals surface area contributed by atoms with E-state index in [-0.39, 0.29) is 0 Å². The van der Waals surface area contributed by atoms with Crippen LogP contribution in [0.4, 0.5) is 5.69 Å². The minimum atomic E-state index is 0.640. The van der Waals surface area contributed by atoms with Gasteiger partial charge in [-0.25, -0.2) is 0 Å². The van der Waals surface area contributed by atoms with Gasteiger partial charge in [0.05, 0.1) is 36.7 Å². The van der Waals surface area contributed by atoms with Gasteiger partial charge in [0.15, 0.2) is 0 Å². The molecule has 1 aliphatic heterocycles. The molecule has 1 aromatic heterocycles. The van der Waals surface area contributed by atoms with E-state index in [0.717, 1.165) is 60.6 Å². The van der Waals surface area contributed by atoms with Crippen LogP contribution in [-0.2, 0) is 17.8 Å². The van der Waals surface area contributed by atoms with Crippen molar-refractivity contribution in [3.8, 4) is 5.75 Å². The lowest BCUT2D eigenvalue weighted by Crippen LogP contribution is -2.15. The SMILES string of the molecule is CCCOc1ccc2nc3c(c(NCC)c2c1)COCC3. The zero-order chi connectivity index (χ0) is 14.7. The quantitative estimate of drug-likeness (QED) is 0.913. The molecule has 4 nitrogen and oxygen atoms in total. The first kappa shape index (κ1) is 14.1. The van der Waals surface area contributed by atoms with Crippen molar-refractivity contribution in [1.29, 1.82) is 0 Å². The first-order valence-corrected chi connectivity index (χ1v) is 7.73. The predicted octanol–water partition coefficient (Wildman–Crippen LogP) is 3.53. The molecule has 0 atom stereocenters. The number of pyridine rings is 1. The molecule has 21 heavy (non-hydrogen) atoms. The molecule has 0 fully saturated rings. The van der Waals surface area contributed by atoms with E-state index < -0.39 is 0 Å². The molecular formula is C17H22N2O2. The van der Waals surface area contributed by atoms with Gasteiger partial charge in [0.2, 0.25) is 0 Å². The van der Waals surface area contributed by atoms with Gasteiger partial charge in [-0.1, -0.05) is 6.92 Å². The molecule has 1 aromatic carbocycles. The average molecular weight is 286 g/mol. The number of nitrogens with zero attached hydrogens (tertiary/aromatic N) is 1. The molecule has 2 aromatic rings. The first-order valence-electron chi connectivity index (χ1n) is 7.73. The number of fused-ring (bicyclic) bond motifs is 2. The molecule has 0 amide bonds. The third kappa shape index (κ3) is 2.81. The topological polar surface area (TPSA) is 43.4 Å². The third-order valence-corrected chi connectivity index (χ3v) is 3.70. The predicted molar refractivity (Wildman–Crippen MR) is 85.1 cm³/mol. The summed E-state index contributed by atoms with van der Waals surface area (Å²) in [6.07, 6.45) is 1.89. The van der Waals surface area contributed by atoms with Crippen molar-refractivity contribution < 1.29 is 9.47 Å². The van der Waals surface area contributed by atoms with E-state index >= 15 is 0 Å². The van der Waals surface area contributed by atoms with Crippen molar-refractivity contribution >= 4 is 16.6 Å². The molecule has 0 unspecified atom stereocenters. The van der Waals surface area contributed by atoms with E-state index in [9.17, 15) is 0 Å². The summed E-state index contributed by atoms with van der Waals surface area (Å²) in [5.41, 5.74) is 4.53. The third-order valence-electron chi connectivity index (χ3n) is 3.70. The van der Waals surface area contributed by atoms with E-state index in [1.54, 1.807) is 0 Å². The van der Waals surface area contributed by atoms with Gasteiger partial charge < -0.3 is 14.8 Å². The van der Waals surface area contributed by atoms with Crippen molar-refractivity contribution in [3.05, 3.63) is 29.5 Å². The van der Waals surface area contributed by atoms with Crippen LogP contribution >= 0.6 is 0 Å². The lowest BCUT2D eigenvalue weighted by Gasteiger charge is -2.22. The molecule has 0 radical (unpaired) electrons. The number of anilines is 1. The Hall–Kier alpha value is -1.81. The molecule has 4 heteroatoms. The van der Waals surface area contributed by atoms with E-state index in [1.165, 1.54) is 5.56 Å². The first-order chi connectivity index (χ1) is 10.3. The Kier molecular flexibility index (Phi) is 4.25. The molecule has 112 valence electrons.